The number of piperidine rings is 1. The summed E-state index contributed by atoms with van der Waals surface area (Å²) in [6.45, 7) is 7.15. The fraction of sp³-hybridized carbons (Fsp3) is 0.929. The van der Waals surface area contributed by atoms with Crippen LogP contribution in [0.2, 0.25) is 0 Å². The lowest BCUT2D eigenvalue weighted by molar-refractivity contribution is -0.139. The maximum Gasteiger partial charge on any atom is 0.225 e. The summed E-state index contributed by atoms with van der Waals surface area (Å²) in [5.74, 6) is 0.481. The minimum atomic E-state index is 0.0950. The molecule has 0 aliphatic carbocycles. The molecule has 0 bridgehead atoms. The first kappa shape index (κ1) is 14.5. The van der Waals surface area contributed by atoms with E-state index in [1.807, 2.05) is 6.92 Å². The van der Waals surface area contributed by atoms with Gasteiger partial charge in [-0.2, -0.15) is 0 Å². The average molecular weight is 240 g/mol. The molecule has 100 valence electrons. The van der Waals surface area contributed by atoms with Gasteiger partial charge < -0.3 is 10.6 Å². The van der Waals surface area contributed by atoms with Crippen molar-refractivity contribution in [2.75, 3.05) is 6.54 Å². The Kier molecular flexibility index (Phi) is 5.96. The first-order valence-electron chi connectivity index (χ1n) is 7.14. The van der Waals surface area contributed by atoms with Gasteiger partial charge in [-0.25, -0.2) is 0 Å². The molecule has 1 aliphatic rings. The molecular weight excluding hydrogens is 212 g/mol. The number of nitrogens with two attached hydrogens (primary N) is 1. The van der Waals surface area contributed by atoms with Crippen LogP contribution in [-0.2, 0) is 4.79 Å². The van der Waals surface area contributed by atoms with E-state index >= 15 is 0 Å². The van der Waals surface area contributed by atoms with E-state index in [9.17, 15) is 4.79 Å². The van der Waals surface area contributed by atoms with E-state index in [4.69, 9.17) is 5.73 Å². The molecule has 3 atom stereocenters. The number of rotatable bonds is 5. The van der Waals surface area contributed by atoms with Crippen LogP contribution in [-0.4, -0.2) is 29.4 Å². The maximum absolute atomic E-state index is 12.4. The molecule has 0 saturated carbocycles. The fourth-order valence-corrected chi connectivity index (χ4v) is 2.69. The smallest absolute Gasteiger partial charge is 0.225 e. The van der Waals surface area contributed by atoms with Crippen molar-refractivity contribution < 1.29 is 4.79 Å². The lowest BCUT2D eigenvalue weighted by atomic mass is 9.94. The third-order valence-electron chi connectivity index (χ3n) is 3.85. The number of unbranched alkanes of at least 4 members (excludes halogenated alkanes) is 1. The number of hydrogen-bond acceptors (Lipinski definition) is 2. The van der Waals surface area contributed by atoms with Crippen LogP contribution in [0.4, 0.5) is 0 Å². The van der Waals surface area contributed by atoms with Crippen LogP contribution in [0, 0.1) is 5.92 Å². The zero-order valence-corrected chi connectivity index (χ0v) is 11.6. The van der Waals surface area contributed by atoms with Gasteiger partial charge in [0, 0.05) is 24.5 Å². The van der Waals surface area contributed by atoms with Crippen molar-refractivity contribution in [2.45, 2.75) is 71.4 Å². The van der Waals surface area contributed by atoms with Crippen molar-refractivity contribution >= 4 is 5.91 Å². The van der Waals surface area contributed by atoms with Crippen LogP contribution in [0.25, 0.3) is 0 Å². The molecular formula is C14H28N2O. The Morgan fingerprint density at radius 1 is 1.41 bits per heavy atom. The second-order valence-electron chi connectivity index (χ2n) is 5.50. The molecule has 1 amide bonds. The highest BCUT2D eigenvalue weighted by Gasteiger charge is 2.31. The average Bonchev–Trinajstić information content (AvgIpc) is 2.34. The lowest BCUT2D eigenvalue weighted by Crippen LogP contribution is -2.53. The summed E-state index contributed by atoms with van der Waals surface area (Å²) >= 11 is 0. The van der Waals surface area contributed by atoms with Crippen LogP contribution in [0.1, 0.15) is 59.3 Å². The minimum absolute atomic E-state index is 0.0950. The van der Waals surface area contributed by atoms with Gasteiger partial charge in [-0.1, -0.05) is 26.7 Å². The van der Waals surface area contributed by atoms with Crippen molar-refractivity contribution in [1.82, 2.24) is 4.90 Å². The third kappa shape index (κ3) is 3.98. The van der Waals surface area contributed by atoms with Crippen molar-refractivity contribution in [1.29, 1.82) is 0 Å². The summed E-state index contributed by atoms with van der Waals surface area (Å²) in [6.07, 6.45) is 6.73. The molecule has 1 rings (SSSR count). The van der Waals surface area contributed by atoms with Gasteiger partial charge in [-0.3, -0.25) is 4.79 Å². The summed E-state index contributed by atoms with van der Waals surface area (Å²) in [6, 6.07) is 0.359. The first-order valence-corrected chi connectivity index (χ1v) is 7.14. The molecule has 17 heavy (non-hydrogen) atoms. The van der Waals surface area contributed by atoms with Crippen LogP contribution in [0.5, 0.6) is 0 Å². The standard InChI is InChI=1S/C14H28N2O/c1-4-5-8-11(2)14(17)16-10-7-6-9-13(16)12(3)15/h11-13H,4-10,15H2,1-3H3. The zero-order chi connectivity index (χ0) is 12.8. The molecule has 3 heteroatoms. The van der Waals surface area contributed by atoms with Gasteiger partial charge in [0.15, 0.2) is 0 Å². The highest BCUT2D eigenvalue weighted by molar-refractivity contribution is 5.79. The van der Waals surface area contributed by atoms with E-state index in [2.05, 4.69) is 18.7 Å². The zero-order valence-electron chi connectivity index (χ0n) is 11.6. The summed E-state index contributed by atoms with van der Waals surface area (Å²) in [5.41, 5.74) is 6.00. The number of nitrogens with zero attached hydrogens (tertiary/aromatic N) is 1. The predicted molar refractivity (Wildman–Crippen MR) is 71.7 cm³/mol. The number of hydrogen-bond donors (Lipinski definition) is 1. The first-order chi connectivity index (χ1) is 8.07. The minimum Gasteiger partial charge on any atom is -0.338 e. The Bertz CT molecular complexity index is 240. The number of carbonyl (C=O) groups excluding carboxylic acids is 1. The molecule has 2 N–H and O–H groups in total. The van der Waals surface area contributed by atoms with Gasteiger partial charge in [0.05, 0.1) is 0 Å². The summed E-state index contributed by atoms with van der Waals surface area (Å²) in [4.78, 5) is 14.4. The van der Waals surface area contributed by atoms with Crippen LogP contribution >= 0.6 is 0 Å². The van der Waals surface area contributed by atoms with Gasteiger partial charge in [0.1, 0.15) is 0 Å². The Labute approximate surface area is 106 Å². The SMILES string of the molecule is CCCCC(C)C(=O)N1CCCCC1C(C)N. The van der Waals surface area contributed by atoms with E-state index in [1.165, 1.54) is 6.42 Å². The summed E-state index contributed by atoms with van der Waals surface area (Å²) in [7, 11) is 0. The largest absolute Gasteiger partial charge is 0.338 e. The monoisotopic (exact) mass is 240 g/mol. The van der Waals surface area contributed by atoms with E-state index < -0.39 is 0 Å². The molecule has 1 fully saturated rings. The normalized spacial score (nSPS) is 24.5. The van der Waals surface area contributed by atoms with Gasteiger partial charge >= 0.3 is 0 Å². The third-order valence-corrected chi connectivity index (χ3v) is 3.85. The van der Waals surface area contributed by atoms with E-state index in [1.54, 1.807) is 0 Å². The quantitative estimate of drug-likeness (QED) is 0.802. The van der Waals surface area contributed by atoms with Crippen molar-refractivity contribution in [3.05, 3.63) is 0 Å². The molecule has 3 unspecified atom stereocenters. The highest BCUT2D eigenvalue weighted by Crippen LogP contribution is 2.22. The van der Waals surface area contributed by atoms with Gasteiger partial charge in [-0.15, -0.1) is 0 Å². The van der Waals surface area contributed by atoms with Crippen LogP contribution in [0.15, 0.2) is 0 Å². The predicted octanol–water partition coefficient (Wildman–Crippen LogP) is 2.54. The molecule has 1 saturated heterocycles. The molecule has 0 radical (unpaired) electrons. The molecule has 0 aromatic rings. The molecule has 0 aromatic carbocycles. The number of carbonyl (C=O) groups is 1. The Morgan fingerprint density at radius 3 is 2.71 bits per heavy atom. The molecule has 1 aliphatic heterocycles. The Hall–Kier alpha value is -0.570. The topological polar surface area (TPSA) is 46.3 Å². The molecule has 0 spiro atoms. The van der Waals surface area contributed by atoms with Crippen LogP contribution in [0.3, 0.4) is 0 Å². The Morgan fingerprint density at radius 2 is 2.12 bits per heavy atom. The van der Waals surface area contributed by atoms with E-state index in [-0.39, 0.29) is 18.0 Å². The van der Waals surface area contributed by atoms with Crippen LogP contribution < -0.4 is 5.73 Å². The molecule has 0 aromatic heterocycles. The fourth-order valence-electron chi connectivity index (χ4n) is 2.69. The molecule has 3 nitrogen and oxygen atoms in total. The summed E-state index contributed by atoms with van der Waals surface area (Å²) in [5, 5.41) is 0. The van der Waals surface area contributed by atoms with Gasteiger partial charge in [0.25, 0.3) is 0 Å². The number of likely N-dealkylation sites (tertiary alicyclic amines) is 1. The Balaban J connectivity index is 2.58. The van der Waals surface area contributed by atoms with Gasteiger partial charge in [0.2, 0.25) is 5.91 Å². The van der Waals surface area contributed by atoms with Crippen molar-refractivity contribution in [3.63, 3.8) is 0 Å². The molecule has 1 heterocycles. The van der Waals surface area contributed by atoms with Gasteiger partial charge in [-0.05, 0) is 32.6 Å². The lowest BCUT2D eigenvalue weighted by Gasteiger charge is -2.39. The second-order valence-corrected chi connectivity index (χ2v) is 5.50. The van der Waals surface area contributed by atoms with E-state index in [0.717, 1.165) is 38.6 Å². The number of amides is 1. The maximum atomic E-state index is 12.4. The second kappa shape index (κ2) is 7.00. The van der Waals surface area contributed by atoms with Crippen molar-refractivity contribution in [2.24, 2.45) is 11.7 Å². The highest BCUT2D eigenvalue weighted by atomic mass is 16.2. The van der Waals surface area contributed by atoms with Crippen molar-refractivity contribution in [3.8, 4) is 0 Å². The van der Waals surface area contributed by atoms with E-state index in [0.29, 0.717) is 5.91 Å². The summed E-state index contributed by atoms with van der Waals surface area (Å²) < 4.78 is 0.